The summed E-state index contributed by atoms with van der Waals surface area (Å²) in [6.07, 6.45) is 51.0. The van der Waals surface area contributed by atoms with Crippen LogP contribution in [-0.2, 0) is 23.8 Å². The van der Waals surface area contributed by atoms with Crippen molar-refractivity contribution in [3.05, 3.63) is 36.5 Å². The highest BCUT2D eigenvalue weighted by Gasteiger charge is 2.44. The molecule has 1 heterocycles. The Kier molecular flexibility index (Phi) is 47.2. The molecule has 0 aromatic carbocycles. The third kappa shape index (κ3) is 39.9. The molecule has 1 saturated heterocycles. The van der Waals surface area contributed by atoms with Crippen molar-refractivity contribution in [1.82, 2.24) is 5.32 Å². The standard InChI is InChI=1S/C60H111NO10/c1-3-5-7-9-11-13-27-32-36-40-44-48-56(65)69-49-45-41-37-33-29-26-24-22-20-18-16-15-17-19-21-23-25-28-31-35-39-43-47-55(64)61-52(51-70-60-59(68)58(67)57(66)54(50-62)71-60)53(63)46-42-38-34-30-14-12-10-8-6-4-2/h9,11,17,19,42,46,52-54,57-60,62-63,66-68H,3-8,10,12-16,18,20-41,43-45,47-51H2,1-2H3,(H,61,64)/b11-9-,19-17-,46-42+. The minimum absolute atomic E-state index is 0.0140. The molecular formula is C60H111NO10. The van der Waals surface area contributed by atoms with E-state index < -0.39 is 49.5 Å². The van der Waals surface area contributed by atoms with E-state index in [1.54, 1.807) is 6.08 Å². The summed E-state index contributed by atoms with van der Waals surface area (Å²) in [6.45, 7) is 4.28. The van der Waals surface area contributed by atoms with Gasteiger partial charge in [-0.05, 0) is 77.0 Å². The summed E-state index contributed by atoms with van der Waals surface area (Å²) >= 11 is 0. The van der Waals surface area contributed by atoms with E-state index in [0.717, 1.165) is 77.0 Å². The summed E-state index contributed by atoms with van der Waals surface area (Å²) in [4.78, 5) is 25.0. The molecule has 0 aliphatic carbocycles. The Morgan fingerprint density at radius 1 is 0.507 bits per heavy atom. The van der Waals surface area contributed by atoms with Crippen LogP contribution in [0.5, 0.6) is 0 Å². The van der Waals surface area contributed by atoms with Gasteiger partial charge in [-0.1, -0.05) is 217 Å². The second-order valence-corrected chi connectivity index (χ2v) is 20.7. The summed E-state index contributed by atoms with van der Waals surface area (Å²) in [5.41, 5.74) is 0. The van der Waals surface area contributed by atoms with Gasteiger partial charge in [-0.3, -0.25) is 9.59 Å². The molecule has 416 valence electrons. The molecule has 11 heteroatoms. The van der Waals surface area contributed by atoms with Crippen LogP contribution in [0.2, 0.25) is 0 Å². The monoisotopic (exact) mass is 1010 g/mol. The minimum Gasteiger partial charge on any atom is -0.466 e. The number of hydrogen-bond donors (Lipinski definition) is 6. The molecule has 1 rings (SSSR count). The Morgan fingerprint density at radius 2 is 0.915 bits per heavy atom. The van der Waals surface area contributed by atoms with Gasteiger partial charge in [-0.2, -0.15) is 0 Å². The first-order valence-corrected chi connectivity index (χ1v) is 29.8. The van der Waals surface area contributed by atoms with E-state index in [2.05, 4.69) is 43.5 Å². The smallest absolute Gasteiger partial charge is 0.305 e. The Balaban J connectivity index is 2.05. The van der Waals surface area contributed by atoms with E-state index in [1.165, 1.54) is 167 Å². The zero-order chi connectivity index (χ0) is 51.7. The van der Waals surface area contributed by atoms with Crippen molar-refractivity contribution >= 4 is 11.9 Å². The molecule has 0 bridgehead atoms. The SMILES string of the molecule is CCCC/C=C\CCCCCCCC(=O)OCCCCCCCCCCCCC/C=C\CCCCCCCCCC(=O)NC(COC1OC(CO)C(O)C(O)C1O)C(O)/C=C/CCCCCCCCCC. The van der Waals surface area contributed by atoms with Gasteiger partial charge in [0.1, 0.15) is 24.4 Å². The molecule has 1 fully saturated rings. The number of unbranched alkanes of at least 4 members (excludes halogenated alkanes) is 33. The molecule has 0 spiro atoms. The molecule has 11 nitrogen and oxygen atoms in total. The number of aliphatic hydroxyl groups excluding tert-OH is 5. The largest absolute Gasteiger partial charge is 0.466 e. The normalized spacial score (nSPS) is 19.3. The summed E-state index contributed by atoms with van der Waals surface area (Å²) in [7, 11) is 0. The van der Waals surface area contributed by atoms with E-state index in [-0.39, 0.29) is 18.5 Å². The molecule has 0 radical (unpaired) electrons. The van der Waals surface area contributed by atoms with Gasteiger partial charge in [0, 0.05) is 12.8 Å². The van der Waals surface area contributed by atoms with Crippen LogP contribution in [0.15, 0.2) is 36.5 Å². The van der Waals surface area contributed by atoms with Crippen LogP contribution in [0.3, 0.4) is 0 Å². The van der Waals surface area contributed by atoms with Crippen LogP contribution in [0.25, 0.3) is 0 Å². The van der Waals surface area contributed by atoms with Gasteiger partial charge in [0.25, 0.3) is 0 Å². The average molecular weight is 1010 g/mol. The second kappa shape index (κ2) is 50.1. The van der Waals surface area contributed by atoms with Crippen molar-refractivity contribution in [2.75, 3.05) is 19.8 Å². The minimum atomic E-state index is -1.57. The molecule has 0 saturated carbocycles. The molecule has 0 aromatic heterocycles. The van der Waals surface area contributed by atoms with E-state index in [4.69, 9.17) is 14.2 Å². The van der Waals surface area contributed by atoms with E-state index in [9.17, 15) is 35.1 Å². The fraction of sp³-hybridized carbons (Fsp3) is 0.867. The molecule has 6 N–H and O–H groups in total. The number of rotatable bonds is 51. The zero-order valence-corrected chi connectivity index (χ0v) is 45.7. The Labute approximate surface area is 434 Å². The first kappa shape index (κ1) is 66.9. The fourth-order valence-electron chi connectivity index (χ4n) is 9.17. The van der Waals surface area contributed by atoms with Crippen LogP contribution < -0.4 is 5.32 Å². The average Bonchev–Trinajstić information content (AvgIpc) is 3.37. The van der Waals surface area contributed by atoms with Gasteiger partial charge in [-0.15, -0.1) is 0 Å². The van der Waals surface area contributed by atoms with Crippen molar-refractivity contribution in [1.29, 1.82) is 0 Å². The maximum atomic E-state index is 13.0. The van der Waals surface area contributed by atoms with Gasteiger partial charge in [0.05, 0.1) is 32.0 Å². The maximum absolute atomic E-state index is 13.0. The number of ether oxygens (including phenoxy) is 3. The quantitative estimate of drug-likeness (QED) is 0.0195. The first-order chi connectivity index (χ1) is 34.7. The Morgan fingerprint density at radius 3 is 1.39 bits per heavy atom. The van der Waals surface area contributed by atoms with Crippen molar-refractivity contribution in [2.45, 2.75) is 314 Å². The maximum Gasteiger partial charge on any atom is 0.305 e. The van der Waals surface area contributed by atoms with Crippen LogP contribution in [0.1, 0.15) is 271 Å². The van der Waals surface area contributed by atoms with Crippen LogP contribution in [0, 0.1) is 0 Å². The van der Waals surface area contributed by atoms with Crippen LogP contribution in [0.4, 0.5) is 0 Å². The Bertz CT molecular complexity index is 1280. The third-order valence-electron chi connectivity index (χ3n) is 14.0. The molecule has 1 amide bonds. The number of amides is 1. The van der Waals surface area contributed by atoms with Crippen molar-refractivity contribution < 1.29 is 49.3 Å². The van der Waals surface area contributed by atoms with E-state index in [0.29, 0.717) is 19.4 Å². The highest BCUT2D eigenvalue weighted by molar-refractivity contribution is 5.76. The van der Waals surface area contributed by atoms with Gasteiger partial charge in [0.2, 0.25) is 5.91 Å². The van der Waals surface area contributed by atoms with Gasteiger partial charge >= 0.3 is 5.97 Å². The molecule has 0 aromatic rings. The van der Waals surface area contributed by atoms with Gasteiger partial charge in [-0.25, -0.2) is 0 Å². The van der Waals surface area contributed by atoms with Gasteiger partial charge in [0.15, 0.2) is 6.29 Å². The first-order valence-electron chi connectivity index (χ1n) is 29.8. The summed E-state index contributed by atoms with van der Waals surface area (Å²) in [5.74, 6) is -0.204. The molecule has 7 unspecified atom stereocenters. The lowest BCUT2D eigenvalue weighted by Gasteiger charge is -2.40. The number of carbonyl (C=O) groups excluding carboxylic acids is 2. The molecule has 1 aliphatic rings. The van der Waals surface area contributed by atoms with Crippen molar-refractivity contribution in [3.63, 3.8) is 0 Å². The lowest BCUT2D eigenvalue weighted by molar-refractivity contribution is -0.302. The summed E-state index contributed by atoms with van der Waals surface area (Å²) < 4.78 is 16.7. The molecular weight excluding hydrogens is 895 g/mol. The number of nitrogens with one attached hydrogen (secondary N) is 1. The van der Waals surface area contributed by atoms with Crippen LogP contribution in [-0.4, -0.2) is 100 Å². The second-order valence-electron chi connectivity index (χ2n) is 20.7. The third-order valence-corrected chi connectivity index (χ3v) is 14.0. The lowest BCUT2D eigenvalue weighted by Crippen LogP contribution is -2.60. The molecule has 1 aliphatic heterocycles. The predicted molar refractivity (Wildman–Crippen MR) is 292 cm³/mol. The van der Waals surface area contributed by atoms with Gasteiger partial charge < -0.3 is 45.1 Å². The highest BCUT2D eigenvalue weighted by atomic mass is 16.7. The number of carbonyl (C=O) groups is 2. The molecule has 71 heavy (non-hydrogen) atoms. The lowest BCUT2D eigenvalue weighted by atomic mass is 9.99. The number of hydrogen-bond acceptors (Lipinski definition) is 10. The zero-order valence-electron chi connectivity index (χ0n) is 45.7. The fourth-order valence-corrected chi connectivity index (χ4v) is 9.17. The summed E-state index contributed by atoms with van der Waals surface area (Å²) in [5, 5.41) is 54.2. The molecule has 7 atom stereocenters. The number of esters is 1. The predicted octanol–water partition coefficient (Wildman–Crippen LogP) is 13.5. The van der Waals surface area contributed by atoms with Crippen LogP contribution >= 0.6 is 0 Å². The highest BCUT2D eigenvalue weighted by Crippen LogP contribution is 2.23. The summed E-state index contributed by atoms with van der Waals surface area (Å²) in [6, 6.07) is -0.814. The van der Waals surface area contributed by atoms with E-state index >= 15 is 0 Å². The number of allylic oxidation sites excluding steroid dienone is 5. The number of aliphatic hydroxyl groups is 5. The van der Waals surface area contributed by atoms with E-state index in [1.807, 2.05) is 6.08 Å². The topological polar surface area (TPSA) is 175 Å². The Hall–Kier alpha value is -2.12. The van der Waals surface area contributed by atoms with Crippen molar-refractivity contribution in [2.24, 2.45) is 0 Å². The van der Waals surface area contributed by atoms with Crippen molar-refractivity contribution in [3.8, 4) is 0 Å².